The second-order valence-electron chi connectivity index (χ2n) is 5.03. The first kappa shape index (κ1) is 17.9. The summed E-state index contributed by atoms with van der Waals surface area (Å²) in [5.41, 5.74) is 0.502. The molecule has 0 fully saturated rings. The Morgan fingerprint density at radius 1 is 1.12 bits per heavy atom. The van der Waals surface area contributed by atoms with Crippen LogP contribution in [0.15, 0.2) is 42.5 Å². The third-order valence-corrected chi connectivity index (χ3v) is 3.64. The molecule has 24 heavy (non-hydrogen) atoms. The number of rotatable bonds is 7. The molecule has 0 heterocycles. The van der Waals surface area contributed by atoms with Crippen molar-refractivity contribution in [3.8, 4) is 17.2 Å². The van der Waals surface area contributed by atoms with Crippen LogP contribution in [0.5, 0.6) is 17.2 Å². The standard InChI is InChI=1S/C18H20ClNO4/c1-4-16(24-14-7-5-6-13(11-14)22-2)18(21)20-15-10-12(19)8-9-17(15)23-3/h5-11,16H,4H2,1-3H3,(H,20,21)/t16-/m0/s1. The lowest BCUT2D eigenvalue weighted by Gasteiger charge is -2.18. The van der Waals surface area contributed by atoms with Crippen molar-refractivity contribution in [1.29, 1.82) is 0 Å². The zero-order valence-electron chi connectivity index (χ0n) is 13.8. The predicted molar refractivity (Wildman–Crippen MR) is 94.3 cm³/mol. The lowest BCUT2D eigenvalue weighted by molar-refractivity contribution is -0.122. The molecule has 0 radical (unpaired) electrons. The smallest absolute Gasteiger partial charge is 0.265 e. The van der Waals surface area contributed by atoms with Crippen LogP contribution in [0.25, 0.3) is 0 Å². The summed E-state index contributed by atoms with van der Waals surface area (Å²) in [6, 6.07) is 12.1. The topological polar surface area (TPSA) is 56.8 Å². The number of ether oxygens (including phenoxy) is 3. The number of halogens is 1. The minimum Gasteiger partial charge on any atom is -0.497 e. The van der Waals surface area contributed by atoms with Gasteiger partial charge in [0, 0.05) is 11.1 Å². The Morgan fingerprint density at radius 3 is 2.54 bits per heavy atom. The summed E-state index contributed by atoms with van der Waals surface area (Å²) < 4.78 is 16.2. The predicted octanol–water partition coefficient (Wildman–Crippen LogP) is 4.15. The van der Waals surface area contributed by atoms with Gasteiger partial charge < -0.3 is 19.5 Å². The van der Waals surface area contributed by atoms with Crippen LogP contribution in [-0.2, 0) is 4.79 Å². The Hall–Kier alpha value is -2.40. The molecule has 0 aromatic heterocycles. The molecule has 1 atom stereocenters. The summed E-state index contributed by atoms with van der Waals surface area (Å²) in [7, 11) is 3.11. The number of nitrogens with one attached hydrogen (secondary N) is 1. The number of hydrogen-bond acceptors (Lipinski definition) is 4. The number of amides is 1. The van der Waals surface area contributed by atoms with Crippen molar-refractivity contribution in [2.24, 2.45) is 0 Å². The number of carbonyl (C=O) groups is 1. The summed E-state index contributed by atoms with van der Waals surface area (Å²) in [6.07, 6.45) is -0.146. The van der Waals surface area contributed by atoms with Crippen LogP contribution in [0.1, 0.15) is 13.3 Å². The third-order valence-electron chi connectivity index (χ3n) is 3.40. The van der Waals surface area contributed by atoms with Crippen LogP contribution < -0.4 is 19.5 Å². The van der Waals surface area contributed by atoms with Gasteiger partial charge in [0.05, 0.1) is 19.9 Å². The van der Waals surface area contributed by atoms with E-state index >= 15 is 0 Å². The maximum atomic E-state index is 12.5. The average molecular weight is 350 g/mol. The van der Waals surface area contributed by atoms with E-state index in [2.05, 4.69) is 5.32 Å². The molecule has 0 saturated carbocycles. The first-order valence-electron chi connectivity index (χ1n) is 7.52. The van der Waals surface area contributed by atoms with Gasteiger partial charge in [-0.05, 0) is 36.8 Å². The molecule has 0 aliphatic heterocycles. The Bertz CT molecular complexity index is 705. The van der Waals surface area contributed by atoms with Crippen molar-refractivity contribution in [3.05, 3.63) is 47.5 Å². The number of hydrogen-bond donors (Lipinski definition) is 1. The van der Waals surface area contributed by atoms with Crippen LogP contribution in [0.2, 0.25) is 5.02 Å². The van der Waals surface area contributed by atoms with E-state index in [9.17, 15) is 4.79 Å². The van der Waals surface area contributed by atoms with Crippen LogP contribution in [0, 0.1) is 0 Å². The molecule has 2 aromatic carbocycles. The zero-order chi connectivity index (χ0) is 17.5. The van der Waals surface area contributed by atoms with Gasteiger partial charge in [-0.1, -0.05) is 24.6 Å². The van der Waals surface area contributed by atoms with E-state index in [0.717, 1.165) is 0 Å². The van der Waals surface area contributed by atoms with Crippen molar-refractivity contribution in [3.63, 3.8) is 0 Å². The summed E-state index contributed by atoms with van der Waals surface area (Å²) in [6.45, 7) is 1.87. The summed E-state index contributed by atoms with van der Waals surface area (Å²) in [4.78, 5) is 12.5. The molecule has 0 saturated heterocycles. The molecular weight excluding hydrogens is 330 g/mol. The maximum Gasteiger partial charge on any atom is 0.265 e. The third kappa shape index (κ3) is 4.55. The summed E-state index contributed by atoms with van der Waals surface area (Å²) in [5.74, 6) is 1.48. The first-order valence-corrected chi connectivity index (χ1v) is 7.90. The number of methoxy groups -OCH3 is 2. The molecule has 0 aliphatic rings. The molecule has 2 rings (SSSR count). The van der Waals surface area contributed by atoms with Crippen molar-refractivity contribution >= 4 is 23.2 Å². The van der Waals surface area contributed by atoms with Crippen molar-refractivity contribution < 1.29 is 19.0 Å². The van der Waals surface area contributed by atoms with Gasteiger partial charge >= 0.3 is 0 Å². The Labute approximate surface area is 146 Å². The lowest BCUT2D eigenvalue weighted by Crippen LogP contribution is -2.32. The van der Waals surface area contributed by atoms with E-state index in [1.165, 1.54) is 7.11 Å². The van der Waals surface area contributed by atoms with Crippen molar-refractivity contribution in [1.82, 2.24) is 0 Å². The van der Waals surface area contributed by atoms with Crippen LogP contribution in [-0.4, -0.2) is 26.2 Å². The van der Waals surface area contributed by atoms with Crippen LogP contribution in [0.3, 0.4) is 0 Å². The zero-order valence-corrected chi connectivity index (χ0v) is 14.6. The minimum absolute atomic E-state index is 0.277. The highest BCUT2D eigenvalue weighted by molar-refractivity contribution is 6.31. The quantitative estimate of drug-likeness (QED) is 0.815. The Kier molecular flexibility index (Phi) is 6.32. The summed E-state index contributed by atoms with van der Waals surface area (Å²) >= 11 is 5.98. The second kappa shape index (κ2) is 8.45. The van der Waals surface area contributed by atoms with Crippen molar-refractivity contribution in [2.45, 2.75) is 19.4 Å². The molecule has 0 spiro atoms. The molecular formula is C18H20ClNO4. The van der Waals surface area contributed by atoms with E-state index < -0.39 is 6.10 Å². The number of benzene rings is 2. The fourth-order valence-electron chi connectivity index (χ4n) is 2.15. The molecule has 5 nitrogen and oxygen atoms in total. The minimum atomic E-state index is -0.652. The second-order valence-corrected chi connectivity index (χ2v) is 5.46. The van der Waals surface area contributed by atoms with E-state index in [4.69, 9.17) is 25.8 Å². The van der Waals surface area contributed by atoms with Gasteiger partial charge in [0.2, 0.25) is 0 Å². The van der Waals surface area contributed by atoms with Crippen LogP contribution in [0.4, 0.5) is 5.69 Å². The molecule has 128 valence electrons. The van der Waals surface area contributed by atoms with Gasteiger partial charge in [-0.3, -0.25) is 4.79 Å². The fourth-order valence-corrected chi connectivity index (χ4v) is 2.32. The average Bonchev–Trinajstić information content (AvgIpc) is 2.60. The lowest BCUT2D eigenvalue weighted by atomic mass is 10.2. The maximum absolute atomic E-state index is 12.5. The fraction of sp³-hybridized carbons (Fsp3) is 0.278. The molecule has 1 N–H and O–H groups in total. The Balaban J connectivity index is 2.12. The van der Waals surface area contributed by atoms with Gasteiger partial charge in [-0.25, -0.2) is 0 Å². The highest BCUT2D eigenvalue weighted by Gasteiger charge is 2.20. The molecule has 1 amide bonds. The van der Waals surface area contributed by atoms with Gasteiger partial charge in [-0.2, -0.15) is 0 Å². The molecule has 6 heteroatoms. The SMILES string of the molecule is CC[C@H](Oc1cccc(OC)c1)C(=O)Nc1cc(Cl)ccc1OC. The largest absolute Gasteiger partial charge is 0.497 e. The van der Waals surface area contributed by atoms with Gasteiger partial charge in [0.15, 0.2) is 6.10 Å². The number of carbonyl (C=O) groups excluding carboxylic acids is 1. The number of anilines is 1. The molecule has 0 aliphatic carbocycles. The first-order chi connectivity index (χ1) is 11.6. The van der Waals surface area contributed by atoms with E-state index in [0.29, 0.717) is 34.4 Å². The highest BCUT2D eigenvalue weighted by atomic mass is 35.5. The van der Waals surface area contributed by atoms with Gasteiger partial charge in [-0.15, -0.1) is 0 Å². The van der Waals surface area contributed by atoms with Gasteiger partial charge in [0.25, 0.3) is 5.91 Å². The van der Waals surface area contributed by atoms with Gasteiger partial charge in [0.1, 0.15) is 17.2 Å². The summed E-state index contributed by atoms with van der Waals surface area (Å²) in [5, 5.41) is 3.30. The molecule has 0 bridgehead atoms. The van der Waals surface area contributed by atoms with Crippen molar-refractivity contribution in [2.75, 3.05) is 19.5 Å². The molecule has 0 unspecified atom stereocenters. The van der Waals surface area contributed by atoms with Crippen LogP contribution >= 0.6 is 11.6 Å². The van der Waals surface area contributed by atoms with E-state index in [1.807, 2.05) is 13.0 Å². The van der Waals surface area contributed by atoms with E-state index in [1.54, 1.807) is 43.5 Å². The Morgan fingerprint density at radius 2 is 1.88 bits per heavy atom. The van der Waals surface area contributed by atoms with E-state index in [-0.39, 0.29) is 5.91 Å². The highest BCUT2D eigenvalue weighted by Crippen LogP contribution is 2.28. The molecule has 2 aromatic rings. The normalized spacial score (nSPS) is 11.5. The monoisotopic (exact) mass is 349 g/mol.